The quantitative estimate of drug-likeness (QED) is 0.871. The second kappa shape index (κ2) is 5.45. The van der Waals surface area contributed by atoms with Crippen LogP contribution < -0.4 is 10.6 Å². The number of alkyl halides is 3. The largest absolute Gasteiger partial charge is 0.416 e. The van der Waals surface area contributed by atoms with Crippen LogP contribution in [-0.4, -0.2) is 31.5 Å². The van der Waals surface area contributed by atoms with Crippen molar-refractivity contribution in [3.63, 3.8) is 0 Å². The molecule has 1 saturated heterocycles. The minimum Gasteiger partial charge on any atom is -0.332 e. The number of rotatable bonds is 2. The van der Waals surface area contributed by atoms with E-state index in [1.54, 1.807) is 6.92 Å². The SMILES string of the molecule is CC1(NC(=O)Nc2ccc(C(F)(F)F)cc2)CCS(=O)(=O)C1. The van der Waals surface area contributed by atoms with Crippen molar-refractivity contribution in [1.82, 2.24) is 5.32 Å². The molecule has 9 heteroatoms. The first kappa shape index (κ1) is 16.6. The van der Waals surface area contributed by atoms with E-state index in [0.717, 1.165) is 24.3 Å². The summed E-state index contributed by atoms with van der Waals surface area (Å²) in [5.74, 6) is -0.148. The lowest BCUT2D eigenvalue weighted by Gasteiger charge is -2.24. The van der Waals surface area contributed by atoms with E-state index in [4.69, 9.17) is 0 Å². The second-order valence-electron chi connectivity index (χ2n) is 5.56. The molecule has 2 amide bonds. The Hall–Kier alpha value is -1.77. The normalized spacial score (nSPS) is 24.0. The molecule has 0 spiro atoms. The number of nitrogens with one attached hydrogen (secondary N) is 2. The molecule has 2 N–H and O–H groups in total. The van der Waals surface area contributed by atoms with Gasteiger partial charge >= 0.3 is 12.2 Å². The van der Waals surface area contributed by atoms with Crippen molar-refractivity contribution in [2.45, 2.75) is 25.1 Å². The van der Waals surface area contributed by atoms with E-state index in [1.165, 1.54) is 0 Å². The van der Waals surface area contributed by atoms with E-state index < -0.39 is 33.1 Å². The number of sulfone groups is 1. The summed E-state index contributed by atoms with van der Waals surface area (Å²) in [5.41, 5.74) is -1.49. The molecule has 2 rings (SSSR count). The van der Waals surface area contributed by atoms with Gasteiger partial charge in [-0.2, -0.15) is 13.2 Å². The fourth-order valence-corrected chi connectivity index (χ4v) is 4.38. The smallest absolute Gasteiger partial charge is 0.332 e. The fraction of sp³-hybridized carbons (Fsp3) is 0.462. The molecule has 0 radical (unpaired) electrons. The minimum atomic E-state index is -4.44. The number of amides is 2. The molecule has 1 aromatic rings. The molecule has 1 unspecified atom stereocenters. The van der Waals surface area contributed by atoms with Crippen LogP contribution in [0.3, 0.4) is 0 Å². The van der Waals surface area contributed by atoms with Gasteiger partial charge in [0.25, 0.3) is 0 Å². The molecule has 5 nitrogen and oxygen atoms in total. The maximum absolute atomic E-state index is 12.4. The molecule has 1 fully saturated rings. The summed E-state index contributed by atoms with van der Waals surface area (Å²) in [4.78, 5) is 11.8. The van der Waals surface area contributed by atoms with Gasteiger partial charge in [0.1, 0.15) is 0 Å². The molecule has 1 aliphatic heterocycles. The Bertz CT molecular complexity index is 671. The Morgan fingerprint density at radius 3 is 2.27 bits per heavy atom. The van der Waals surface area contributed by atoms with Gasteiger partial charge in [-0.1, -0.05) is 0 Å². The third-order valence-electron chi connectivity index (χ3n) is 3.39. The van der Waals surface area contributed by atoms with Crippen molar-refractivity contribution in [3.8, 4) is 0 Å². The standard InChI is InChI=1S/C13H15F3N2O3S/c1-12(6-7-22(20,21)8-12)18-11(19)17-10-4-2-9(3-5-10)13(14,15)16/h2-5H,6-8H2,1H3,(H2,17,18,19). The number of hydrogen-bond donors (Lipinski definition) is 2. The number of carbonyl (C=O) groups excluding carboxylic acids is 1. The number of anilines is 1. The molecule has 1 aliphatic rings. The van der Waals surface area contributed by atoms with Gasteiger partial charge in [0.05, 0.1) is 22.6 Å². The van der Waals surface area contributed by atoms with Crippen molar-refractivity contribution in [2.75, 3.05) is 16.8 Å². The molecule has 1 heterocycles. The zero-order valence-corrected chi connectivity index (χ0v) is 12.5. The monoisotopic (exact) mass is 336 g/mol. The Labute approximate surface area is 125 Å². The third kappa shape index (κ3) is 4.12. The van der Waals surface area contributed by atoms with Gasteiger partial charge in [0, 0.05) is 5.69 Å². The van der Waals surface area contributed by atoms with E-state index in [9.17, 15) is 26.4 Å². The molecule has 0 saturated carbocycles. The number of hydrogen-bond acceptors (Lipinski definition) is 3. The highest BCUT2D eigenvalue weighted by Crippen LogP contribution is 2.30. The predicted molar refractivity (Wildman–Crippen MR) is 75.3 cm³/mol. The molecule has 1 atom stereocenters. The fourth-order valence-electron chi connectivity index (χ4n) is 2.29. The third-order valence-corrected chi connectivity index (χ3v) is 5.29. The summed E-state index contributed by atoms with van der Waals surface area (Å²) in [5, 5.41) is 4.94. The zero-order valence-electron chi connectivity index (χ0n) is 11.7. The summed E-state index contributed by atoms with van der Waals surface area (Å²) in [6, 6.07) is 3.33. The Morgan fingerprint density at radius 1 is 1.23 bits per heavy atom. The van der Waals surface area contributed by atoms with Crippen LogP contribution in [0.2, 0.25) is 0 Å². The first-order valence-electron chi connectivity index (χ1n) is 6.46. The van der Waals surface area contributed by atoms with Gasteiger partial charge in [-0.15, -0.1) is 0 Å². The van der Waals surface area contributed by atoms with Crippen molar-refractivity contribution < 1.29 is 26.4 Å². The van der Waals surface area contributed by atoms with Crippen LogP contribution in [0.25, 0.3) is 0 Å². The van der Waals surface area contributed by atoms with Crippen LogP contribution in [-0.2, 0) is 16.0 Å². The van der Waals surface area contributed by atoms with Crippen LogP contribution in [0.5, 0.6) is 0 Å². The van der Waals surface area contributed by atoms with Crippen molar-refractivity contribution in [3.05, 3.63) is 29.8 Å². The molecule has 22 heavy (non-hydrogen) atoms. The predicted octanol–water partition coefficient (Wildman–Crippen LogP) is 2.40. The lowest BCUT2D eigenvalue weighted by Crippen LogP contribution is -2.48. The molecule has 0 aliphatic carbocycles. The molecular weight excluding hydrogens is 321 g/mol. The molecule has 122 valence electrons. The maximum Gasteiger partial charge on any atom is 0.416 e. The average molecular weight is 336 g/mol. The van der Waals surface area contributed by atoms with Gasteiger partial charge in [0.2, 0.25) is 0 Å². The topological polar surface area (TPSA) is 75.3 Å². The number of urea groups is 1. The summed E-state index contributed by atoms with van der Waals surface area (Å²) in [7, 11) is -3.16. The van der Waals surface area contributed by atoms with E-state index in [1.807, 2.05) is 0 Å². The lowest BCUT2D eigenvalue weighted by atomic mass is 10.0. The molecular formula is C13H15F3N2O3S. The van der Waals surface area contributed by atoms with Gasteiger partial charge in [-0.05, 0) is 37.6 Å². The summed E-state index contributed by atoms with van der Waals surface area (Å²) in [6.07, 6.45) is -4.14. The minimum absolute atomic E-state index is 0.00403. The van der Waals surface area contributed by atoms with Crippen LogP contribution in [0.15, 0.2) is 24.3 Å². The number of carbonyl (C=O) groups is 1. The van der Waals surface area contributed by atoms with E-state index in [0.29, 0.717) is 6.42 Å². The van der Waals surface area contributed by atoms with Crippen LogP contribution in [0.4, 0.5) is 23.7 Å². The van der Waals surface area contributed by atoms with Crippen LogP contribution in [0, 0.1) is 0 Å². The molecule has 0 aromatic heterocycles. The zero-order chi connectivity index (χ0) is 16.6. The van der Waals surface area contributed by atoms with Crippen molar-refractivity contribution in [2.24, 2.45) is 0 Å². The highest BCUT2D eigenvalue weighted by Gasteiger charge is 2.39. The summed E-state index contributed by atoms with van der Waals surface area (Å²) >= 11 is 0. The van der Waals surface area contributed by atoms with E-state index >= 15 is 0 Å². The number of halogens is 3. The lowest BCUT2D eigenvalue weighted by molar-refractivity contribution is -0.137. The first-order chi connectivity index (χ1) is 9.99. The molecule has 1 aromatic carbocycles. The Morgan fingerprint density at radius 2 is 1.82 bits per heavy atom. The van der Waals surface area contributed by atoms with Crippen LogP contribution >= 0.6 is 0 Å². The Kier molecular flexibility index (Phi) is 4.12. The second-order valence-corrected chi connectivity index (χ2v) is 7.74. The van der Waals surface area contributed by atoms with Crippen molar-refractivity contribution >= 4 is 21.6 Å². The highest BCUT2D eigenvalue weighted by molar-refractivity contribution is 7.91. The van der Waals surface area contributed by atoms with Gasteiger partial charge in [-0.25, -0.2) is 13.2 Å². The van der Waals surface area contributed by atoms with Crippen LogP contribution in [0.1, 0.15) is 18.9 Å². The van der Waals surface area contributed by atoms with Gasteiger partial charge in [-0.3, -0.25) is 0 Å². The molecule has 0 bridgehead atoms. The maximum atomic E-state index is 12.4. The average Bonchev–Trinajstić information content (AvgIpc) is 2.62. The van der Waals surface area contributed by atoms with Crippen molar-refractivity contribution in [1.29, 1.82) is 0 Å². The van der Waals surface area contributed by atoms with E-state index in [2.05, 4.69) is 10.6 Å². The Balaban J connectivity index is 1.98. The first-order valence-corrected chi connectivity index (χ1v) is 8.28. The number of benzene rings is 1. The van der Waals surface area contributed by atoms with E-state index in [-0.39, 0.29) is 17.2 Å². The summed E-state index contributed by atoms with van der Waals surface area (Å²) in [6.45, 7) is 1.61. The van der Waals surface area contributed by atoms with Gasteiger partial charge < -0.3 is 10.6 Å². The van der Waals surface area contributed by atoms with Gasteiger partial charge in [0.15, 0.2) is 9.84 Å². The summed E-state index contributed by atoms with van der Waals surface area (Å²) < 4.78 is 60.1. The highest BCUT2D eigenvalue weighted by atomic mass is 32.2.